The molecule has 1 aromatic rings. The number of aromatic hydroxyl groups is 2. The van der Waals surface area contributed by atoms with Crippen molar-refractivity contribution in [2.75, 3.05) is 13.2 Å². The van der Waals surface area contributed by atoms with Gasteiger partial charge >= 0.3 is 11.9 Å². The summed E-state index contributed by atoms with van der Waals surface area (Å²) >= 11 is 0. The predicted molar refractivity (Wildman–Crippen MR) is 231 cm³/mol. The molecule has 0 bridgehead atoms. The number of aliphatic hydroxyl groups is 7. The average Bonchev–Trinajstić information content (AvgIpc) is 3.64. The van der Waals surface area contributed by atoms with E-state index in [1.54, 1.807) is 31.2 Å². The van der Waals surface area contributed by atoms with E-state index in [0.717, 1.165) is 43.1 Å². The number of aliphatic hydroxyl groups excluding tert-OH is 7. The molecule has 354 valence electrons. The second kappa shape index (κ2) is 25.3. The standard InChI is InChI=1S/C47H64O17/c1-5-28(3)17-11-9-12-18-29(4)33(51)20-14-10-16-22-38(54)62-44-43(35(25-48)64-47(45(44)58)39-30(26-60-47)23-32(50)24-34(39)52)63-46-42(57)41(56)40(55)36(61-46)27-59-37(53)21-15-8-7-13-19-31(49)6-2/h7-10,12-16,18-19,21-24,28,31,33,35-36,40-46,48-52,55-58H,5-6,11,17,20,25-27H2,1-4H3/b8-7+,12-9+,14-10+,19-13+,21-15+,22-16+,29-18+/t28?,31?,33?,35-,36-,40+,41+,42-,43-,44+,45-,46+,47+/m1/s1. The minimum atomic E-state index is -2.28. The summed E-state index contributed by atoms with van der Waals surface area (Å²) in [4.78, 5) is 25.8. The number of phenolic OH excluding ortho intramolecular Hbond substituents is 2. The molecule has 3 unspecified atom stereocenters. The molecule has 2 saturated heterocycles. The number of hydrogen-bond donors (Lipinski definition) is 9. The molecule has 0 aliphatic carbocycles. The van der Waals surface area contributed by atoms with Gasteiger partial charge in [0, 0.05) is 18.2 Å². The average molecular weight is 901 g/mol. The zero-order valence-corrected chi connectivity index (χ0v) is 36.5. The fourth-order valence-electron chi connectivity index (χ4n) is 7.09. The van der Waals surface area contributed by atoms with Gasteiger partial charge in [0.1, 0.15) is 54.7 Å². The molecule has 3 heterocycles. The number of phenols is 2. The van der Waals surface area contributed by atoms with E-state index in [-0.39, 0.29) is 29.9 Å². The van der Waals surface area contributed by atoms with Gasteiger partial charge in [-0.3, -0.25) is 0 Å². The molecule has 0 radical (unpaired) electrons. The molecular weight excluding hydrogens is 837 g/mol. The van der Waals surface area contributed by atoms with E-state index in [0.29, 0.717) is 12.3 Å². The molecule has 0 saturated carbocycles. The normalized spacial score (nSPS) is 30.4. The van der Waals surface area contributed by atoms with E-state index < -0.39 is 104 Å². The van der Waals surface area contributed by atoms with Crippen molar-refractivity contribution in [3.05, 3.63) is 108 Å². The molecule has 4 rings (SSSR count). The molecule has 17 heteroatoms. The van der Waals surface area contributed by atoms with Crippen molar-refractivity contribution < 1.29 is 84.0 Å². The van der Waals surface area contributed by atoms with Gasteiger partial charge in [0.05, 0.1) is 31.0 Å². The molecule has 0 amide bonds. The van der Waals surface area contributed by atoms with Crippen LogP contribution in [0.1, 0.15) is 70.9 Å². The van der Waals surface area contributed by atoms with Crippen LogP contribution < -0.4 is 0 Å². The minimum absolute atomic E-state index is 0.121. The van der Waals surface area contributed by atoms with Crippen molar-refractivity contribution >= 4 is 11.9 Å². The number of hydrogen-bond acceptors (Lipinski definition) is 17. The van der Waals surface area contributed by atoms with Crippen molar-refractivity contribution in [2.24, 2.45) is 5.92 Å². The first kappa shape index (κ1) is 52.1. The summed E-state index contributed by atoms with van der Waals surface area (Å²) in [6.45, 7) is 6.16. The van der Waals surface area contributed by atoms with Crippen LogP contribution in [0.2, 0.25) is 0 Å². The lowest BCUT2D eigenvalue weighted by Crippen LogP contribution is -2.67. The van der Waals surface area contributed by atoms with Crippen LogP contribution in [0.15, 0.2) is 96.7 Å². The van der Waals surface area contributed by atoms with Crippen LogP contribution in [-0.4, -0.2) is 138 Å². The Morgan fingerprint density at radius 1 is 0.875 bits per heavy atom. The lowest BCUT2D eigenvalue weighted by atomic mass is 9.86. The molecule has 2 fully saturated rings. The lowest BCUT2D eigenvalue weighted by Gasteiger charge is -2.50. The molecule has 13 atom stereocenters. The fraction of sp³-hybridized carbons (Fsp3) is 0.532. The first-order valence-corrected chi connectivity index (χ1v) is 21.5. The van der Waals surface area contributed by atoms with Crippen LogP contribution in [0, 0.1) is 5.92 Å². The van der Waals surface area contributed by atoms with E-state index in [2.05, 4.69) is 19.9 Å². The summed E-state index contributed by atoms with van der Waals surface area (Å²) in [7, 11) is 0. The lowest BCUT2D eigenvalue weighted by molar-refractivity contribution is -0.395. The van der Waals surface area contributed by atoms with Gasteiger partial charge in [0.25, 0.3) is 0 Å². The zero-order valence-electron chi connectivity index (χ0n) is 36.5. The molecule has 17 nitrogen and oxygen atoms in total. The van der Waals surface area contributed by atoms with E-state index in [9.17, 15) is 55.5 Å². The monoisotopic (exact) mass is 900 g/mol. The summed E-state index contributed by atoms with van der Waals surface area (Å²) in [5, 5.41) is 96.3. The fourth-order valence-corrected chi connectivity index (χ4v) is 7.09. The third kappa shape index (κ3) is 14.0. The van der Waals surface area contributed by atoms with Crippen LogP contribution in [0.3, 0.4) is 0 Å². The van der Waals surface area contributed by atoms with Crippen molar-refractivity contribution in [1.29, 1.82) is 0 Å². The molecule has 1 aromatic carbocycles. The van der Waals surface area contributed by atoms with Gasteiger partial charge < -0.3 is 74.4 Å². The Kier molecular flexibility index (Phi) is 20.6. The first-order chi connectivity index (χ1) is 30.6. The smallest absolute Gasteiger partial charge is 0.331 e. The highest BCUT2D eigenvalue weighted by Crippen LogP contribution is 2.51. The molecule has 9 N–H and O–H groups in total. The van der Waals surface area contributed by atoms with E-state index in [1.807, 2.05) is 19.1 Å². The number of carbonyl (C=O) groups excluding carboxylic acids is 2. The van der Waals surface area contributed by atoms with Gasteiger partial charge in [-0.25, -0.2) is 9.59 Å². The van der Waals surface area contributed by atoms with Crippen molar-refractivity contribution in [3.63, 3.8) is 0 Å². The highest BCUT2D eigenvalue weighted by Gasteiger charge is 2.63. The van der Waals surface area contributed by atoms with Gasteiger partial charge in [-0.15, -0.1) is 0 Å². The number of carbonyl (C=O) groups is 2. The predicted octanol–water partition coefficient (Wildman–Crippen LogP) is 2.81. The number of benzene rings is 1. The quantitative estimate of drug-likeness (QED) is 0.0488. The molecule has 64 heavy (non-hydrogen) atoms. The second-order valence-corrected chi connectivity index (χ2v) is 16.0. The highest BCUT2D eigenvalue weighted by molar-refractivity contribution is 5.82. The topological polar surface area (TPSA) is 272 Å². The summed E-state index contributed by atoms with van der Waals surface area (Å²) in [6, 6.07) is 2.25. The second-order valence-electron chi connectivity index (χ2n) is 16.0. The van der Waals surface area contributed by atoms with Gasteiger partial charge in [-0.2, -0.15) is 0 Å². The summed E-state index contributed by atoms with van der Waals surface area (Å²) in [5.74, 6) is -4.40. The molecule has 0 aromatic heterocycles. The first-order valence-electron chi connectivity index (χ1n) is 21.5. The Morgan fingerprint density at radius 2 is 1.59 bits per heavy atom. The Hall–Kier alpha value is -4.50. The molecule has 3 aliphatic heterocycles. The third-order valence-corrected chi connectivity index (χ3v) is 11.2. The maximum absolute atomic E-state index is 13.4. The van der Waals surface area contributed by atoms with Gasteiger partial charge in [-0.05, 0) is 55.7 Å². The van der Waals surface area contributed by atoms with Crippen LogP contribution in [0.4, 0.5) is 0 Å². The number of allylic oxidation sites excluding steroid dienone is 9. The number of esters is 2. The van der Waals surface area contributed by atoms with E-state index in [4.69, 9.17) is 28.4 Å². The van der Waals surface area contributed by atoms with Gasteiger partial charge in [0.2, 0.25) is 5.79 Å². The Labute approximate surface area is 373 Å². The minimum Gasteiger partial charge on any atom is -0.508 e. The van der Waals surface area contributed by atoms with Crippen molar-refractivity contribution in [3.8, 4) is 11.5 Å². The molecule has 3 aliphatic rings. The van der Waals surface area contributed by atoms with Gasteiger partial charge in [0.15, 0.2) is 18.5 Å². The van der Waals surface area contributed by atoms with Crippen molar-refractivity contribution in [2.45, 2.75) is 140 Å². The maximum Gasteiger partial charge on any atom is 0.331 e. The van der Waals surface area contributed by atoms with Crippen LogP contribution in [0.25, 0.3) is 0 Å². The van der Waals surface area contributed by atoms with Gasteiger partial charge in [-0.1, -0.05) is 94.0 Å². The molecule has 1 spiro atoms. The summed E-state index contributed by atoms with van der Waals surface area (Å²) in [5.41, 5.74) is 0.834. The number of rotatable bonds is 21. The summed E-state index contributed by atoms with van der Waals surface area (Å²) in [6.07, 6.45) is 6.33. The van der Waals surface area contributed by atoms with Crippen LogP contribution in [-0.2, 0) is 50.4 Å². The van der Waals surface area contributed by atoms with E-state index >= 15 is 0 Å². The zero-order chi connectivity index (χ0) is 47.0. The highest BCUT2D eigenvalue weighted by atomic mass is 16.8. The largest absolute Gasteiger partial charge is 0.508 e. The third-order valence-electron chi connectivity index (χ3n) is 11.2. The van der Waals surface area contributed by atoms with Crippen LogP contribution >= 0.6 is 0 Å². The van der Waals surface area contributed by atoms with Crippen molar-refractivity contribution in [1.82, 2.24) is 0 Å². The number of fused-ring (bicyclic) bond motifs is 2. The Balaban J connectivity index is 1.51. The summed E-state index contributed by atoms with van der Waals surface area (Å²) < 4.78 is 34.6. The number of ether oxygens (including phenoxy) is 6. The SMILES string of the molecule is CCC(O)/C=C/C=C/C=C/C(=O)OC[C@H]1O[C@@H](O[C@H]2[C@H](OC(=O)/C=C/C=C/CC(O)/C(C)=C/C=C/CCC(C)CC)[C@@H](O)[C@@]3(OCc4cc(O)cc(O)c43)O[C@@H]2CO)[C@H](O)[C@@H](O)[C@H]1O. The Bertz CT molecular complexity index is 1890. The Morgan fingerprint density at radius 3 is 2.31 bits per heavy atom. The maximum atomic E-state index is 13.4. The van der Waals surface area contributed by atoms with E-state index in [1.165, 1.54) is 30.4 Å². The molecular formula is C47H64O17. The van der Waals surface area contributed by atoms with Crippen LogP contribution in [0.5, 0.6) is 11.5 Å².